The topological polar surface area (TPSA) is 76.8 Å². The van der Waals surface area contributed by atoms with Crippen LogP contribution < -0.4 is 11.1 Å². The SMILES string of the molecule is CC(C)OCCCNC(=O)CN1CCOC(CN)C1. The van der Waals surface area contributed by atoms with Gasteiger partial charge in [0.1, 0.15) is 0 Å². The molecule has 0 aromatic rings. The summed E-state index contributed by atoms with van der Waals surface area (Å²) in [6, 6.07) is 0. The van der Waals surface area contributed by atoms with Gasteiger partial charge >= 0.3 is 0 Å². The molecule has 1 atom stereocenters. The van der Waals surface area contributed by atoms with Gasteiger partial charge in [-0.3, -0.25) is 9.69 Å². The molecule has 6 nitrogen and oxygen atoms in total. The van der Waals surface area contributed by atoms with Crippen LogP contribution in [0.4, 0.5) is 0 Å². The van der Waals surface area contributed by atoms with Crippen LogP contribution in [0.25, 0.3) is 0 Å². The molecule has 0 bridgehead atoms. The Morgan fingerprint density at radius 2 is 2.37 bits per heavy atom. The highest BCUT2D eigenvalue weighted by Gasteiger charge is 2.20. The van der Waals surface area contributed by atoms with Crippen LogP contribution in [0, 0.1) is 0 Å². The summed E-state index contributed by atoms with van der Waals surface area (Å²) in [5.74, 6) is 0.0576. The van der Waals surface area contributed by atoms with Crippen LogP contribution >= 0.6 is 0 Å². The Bertz CT molecular complexity index is 262. The Morgan fingerprint density at radius 1 is 1.58 bits per heavy atom. The quantitative estimate of drug-likeness (QED) is 0.587. The number of hydrogen-bond acceptors (Lipinski definition) is 5. The molecule has 0 aromatic carbocycles. The minimum atomic E-state index is 0.0565. The van der Waals surface area contributed by atoms with Crippen LogP contribution in [0.2, 0.25) is 0 Å². The zero-order valence-electron chi connectivity index (χ0n) is 12.1. The normalized spacial score (nSPS) is 20.7. The summed E-state index contributed by atoms with van der Waals surface area (Å²) in [6.45, 7) is 8.46. The molecular formula is C13H27N3O3. The summed E-state index contributed by atoms with van der Waals surface area (Å²) in [7, 11) is 0. The Kier molecular flexibility index (Phi) is 7.97. The van der Waals surface area contributed by atoms with Gasteiger partial charge < -0.3 is 20.5 Å². The van der Waals surface area contributed by atoms with E-state index in [-0.39, 0.29) is 18.1 Å². The molecule has 6 heteroatoms. The number of carbonyl (C=O) groups is 1. The minimum Gasteiger partial charge on any atom is -0.379 e. The molecule has 1 fully saturated rings. The van der Waals surface area contributed by atoms with Gasteiger partial charge in [0.2, 0.25) is 5.91 Å². The van der Waals surface area contributed by atoms with Crippen LogP contribution in [0.15, 0.2) is 0 Å². The number of rotatable bonds is 8. The number of carbonyl (C=O) groups excluding carboxylic acids is 1. The van der Waals surface area contributed by atoms with E-state index in [9.17, 15) is 4.79 Å². The largest absolute Gasteiger partial charge is 0.379 e. The molecule has 1 aliphatic rings. The molecule has 112 valence electrons. The molecule has 1 amide bonds. The van der Waals surface area contributed by atoms with Crippen molar-refractivity contribution in [3.8, 4) is 0 Å². The van der Waals surface area contributed by atoms with Crippen molar-refractivity contribution in [1.29, 1.82) is 0 Å². The number of nitrogens with one attached hydrogen (secondary N) is 1. The fourth-order valence-electron chi connectivity index (χ4n) is 1.94. The maximum Gasteiger partial charge on any atom is 0.234 e. The van der Waals surface area contributed by atoms with Gasteiger partial charge in [0.05, 0.1) is 25.4 Å². The second kappa shape index (κ2) is 9.25. The van der Waals surface area contributed by atoms with Crippen LogP contribution in [0.3, 0.4) is 0 Å². The average Bonchev–Trinajstić information content (AvgIpc) is 2.38. The minimum absolute atomic E-state index is 0.0565. The van der Waals surface area contributed by atoms with Crippen molar-refractivity contribution < 1.29 is 14.3 Å². The Labute approximate surface area is 115 Å². The standard InChI is InChI=1S/C13H27N3O3/c1-11(2)18-6-3-4-15-13(17)10-16-5-7-19-12(8-14)9-16/h11-12H,3-10,14H2,1-2H3,(H,15,17). The Hall–Kier alpha value is -0.690. The maximum absolute atomic E-state index is 11.7. The summed E-state index contributed by atoms with van der Waals surface area (Å²) < 4.78 is 10.9. The lowest BCUT2D eigenvalue weighted by atomic mass is 10.2. The van der Waals surface area contributed by atoms with E-state index in [2.05, 4.69) is 10.2 Å². The molecule has 3 N–H and O–H groups in total. The molecule has 0 aliphatic carbocycles. The highest BCUT2D eigenvalue weighted by atomic mass is 16.5. The van der Waals surface area contributed by atoms with Crippen molar-refractivity contribution in [1.82, 2.24) is 10.2 Å². The average molecular weight is 273 g/mol. The van der Waals surface area contributed by atoms with E-state index in [1.807, 2.05) is 13.8 Å². The van der Waals surface area contributed by atoms with E-state index in [0.717, 1.165) is 19.5 Å². The molecule has 0 spiro atoms. The van der Waals surface area contributed by atoms with Crippen molar-refractivity contribution in [2.24, 2.45) is 5.73 Å². The fourth-order valence-corrected chi connectivity index (χ4v) is 1.94. The number of morpholine rings is 1. The van der Waals surface area contributed by atoms with Gasteiger partial charge in [0.25, 0.3) is 0 Å². The summed E-state index contributed by atoms with van der Waals surface area (Å²) in [5.41, 5.74) is 5.57. The Morgan fingerprint density at radius 3 is 3.05 bits per heavy atom. The molecule has 1 heterocycles. The van der Waals surface area contributed by atoms with E-state index in [0.29, 0.717) is 32.8 Å². The molecule has 0 aromatic heterocycles. The highest BCUT2D eigenvalue weighted by Crippen LogP contribution is 2.03. The fraction of sp³-hybridized carbons (Fsp3) is 0.923. The van der Waals surface area contributed by atoms with E-state index in [1.54, 1.807) is 0 Å². The number of amides is 1. The van der Waals surface area contributed by atoms with Gasteiger partial charge in [-0.1, -0.05) is 0 Å². The molecule has 1 saturated heterocycles. The van der Waals surface area contributed by atoms with Crippen molar-refractivity contribution in [3.05, 3.63) is 0 Å². The lowest BCUT2D eigenvalue weighted by Gasteiger charge is -2.31. The smallest absolute Gasteiger partial charge is 0.234 e. The third kappa shape index (κ3) is 7.47. The first kappa shape index (κ1) is 16.4. The molecule has 1 unspecified atom stereocenters. The van der Waals surface area contributed by atoms with E-state index in [4.69, 9.17) is 15.2 Å². The predicted molar refractivity (Wildman–Crippen MR) is 73.9 cm³/mol. The first-order valence-electron chi connectivity index (χ1n) is 7.04. The van der Waals surface area contributed by atoms with Gasteiger partial charge in [-0.15, -0.1) is 0 Å². The molecule has 1 rings (SSSR count). The third-order valence-electron chi connectivity index (χ3n) is 2.95. The lowest BCUT2D eigenvalue weighted by molar-refractivity contribution is -0.124. The molecule has 19 heavy (non-hydrogen) atoms. The van der Waals surface area contributed by atoms with Gasteiger partial charge in [0, 0.05) is 32.8 Å². The zero-order chi connectivity index (χ0) is 14.1. The molecular weight excluding hydrogens is 246 g/mol. The monoisotopic (exact) mass is 273 g/mol. The van der Waals surface area contributed by atoms with Crippen LogP contribution in [-0.4, -0.2) is 69.0 Å². The van der Waals surface area contributed by atoms with E-state index >= 15 is 0 Å². The highest BCUT2D eigenvalue weighted by molar-refractivity contribution is 5.77. The van der Waals surface area contributed by atoms with E-state index < -0.39 is 0 Å². The summed E-state index contributed by atoms with van der Waals surface area (Å²) in [4.78, 5) is 13.8. The van der Waals surface area contributed by atoms with Crippen LogP contribution in [0.5, 0.6) is 0 Å². The third-order valence-corrected chi connectivity index (χ3v) is 2.95. The lowest BCUT2D eigenvalue weighted by Crippen LogP contribution is -2.49. The van der Waals surface area contributed by atoms with Gasteiger partial charge in [-0.05, 0) is 20.3 Å². The molecule has 0 radical (unpaired) electrons. The van der Waals surface area contributed by atoms with Crippen molar-refractivity contribution in [2.75, 3.05) is 45.9 Å². The summed E-state index contributed by atoms with van der Waals surface area (Å²) >= 11 is 0. The number of ether oxygens (including phenoxy) is 2. The number of nitrogens with zero attached hydrogens (tertiary/aromatic N) is 1. The number of nitrogens with two attached hydrogens (primary N) is 1. The summed E-state index contributed by atoms with van der Waals surface area (Å²) in [5, 5.41) is 2.90. The second-order valence-electron chi connectivity index (χ2n) is 5.09. The van der Waals surface area contributed by atoms with Gasteiger partial charge in [-0.25, -0.2) is 0 Å². The Balaban J connectivity index is 2.07. The summed E-state index contributed by atoms with van der Waals surface area (Å²) in [6.07, 6.45) is 1.15. The second-order valence-corrected chi connectivity index (χ2v) is 5.09. The predicted octanol–water partition coefficient (Wildman–Crippen LogP) is -0.423. The number of hydrogen-bond donors (Lipinski definition) is 2. The zero-order valence-corrected chi connectivity index (χ0v) is 12.1. The van der Waals surface area contributed by atoms with Crippen molar-refractivity contribution >= 4 is 5.91 Å². The maximum atomic E-state index is 11.7. The van der Waals surface area contributed by atoms with Crippen LogP contribution in [-0.2, 0) is 14.3 Å². The van der Waals surface area contributed by atoms with Gasteiger partial charge in [-0.2, -0.15) is 0 Å². The molecule has 1 aliphatic heterocycles. The first-order chi connectivity index (χ1) is 9.11. The van der Waals surface area contributed by atoms with Crippen molar-refractivity contribution in [3.63, 3.8) is 0 Å². The van der Waals surface area contributed by atoms with Crippen LogP contribution in [0.1, 0.15) is 20.3 Å². The van der Waals surface area contributed by atoms with Gasteiger partial charge in [0.15, 0.2) is 0 Å². The first-order valence-corrected chi connectivity index (χ1v) is 7.04. The van der Waals surface area contributed by atoms with E-state index in [1.165, 1.54) is 0 Å². The van der Waals surface area contributed by atoms with Crippen molar-refractivity contribution in [2.45, 2.75) is 32.5 Å². The molecule has 0 saturated carbocycles.